The minimum absolute atomic E-state index is 0.0519. The number of hydrogen-bond acceptors (Lipinski definition) is 5. The molecule has 0 bridgehead atoms. The molecular formula is C24H27N3O3. The normalized spacial score (nSPS) is 16.3. The molecule has 30 heavy (non-hydrogen) atoms. The zero-order valence-electron chi connectivity index (χ0n) is 17.5. The number of aryl methyl sites for hydroxylation is 1. The number of hydrogen-bond donors (Lipinski definition) is 0. The van der Waals surface area contributed by atoms with Crippen molar-refractivity contribution in [2.75, 3.05) is 19.7 Å². The zero-order valence-corrected chi connectivity index (χ0v) is 17.5. The lowest BCUT2D eigenvalue weighted by atomic mass is 10.1. The van der Waals surface area contributed by atoms with Gasteiger partial charge in [-0.1, -0.05) is 41.9 Å². The van der Waals surface area contributed by atoms with Gasteiger partial charge in [-0.15, -0.1) is 0 Å². The van der Waals surface area contributed by atoms with Gasteiger partial charge in [0, 0.05) is 25.1 Å². The quantitative estimate of drug-likeness (QED) is 0.556. The van der Waals surface area contributed by atoms with Crippen molar-refractivity contribution in [3.05, 3.63) is 65.5 Å². The summed E-state index contributed by atoms with van der Waals surface area (Å²) in [6.45, 7) is 6.18. The van der Waals surface area contributed by atoms with Crippen molar-refractivity contribution in [3.63, 3.8) is 0 Å². The molecule has 156 valence electrons. The summed E-state index contributed by atoms with van der Waals surface area (Å²) in [5.74, 6) is 1.99. The molecule has 1 atom stereocenters. The summed E-state index contributed by atoms with van der Waals surface area (Å²) < 4.78 is 11.1. The van der Waals surface area contributed by atoms with Crippen LogP contribution in [0.1, 0.15) is 42.7 Å². The molecule has 0 saturated carbocycles. The molecule has 4 rings (SSSR count). The molecule has 1 aromatic heterocycles. The van der Waals surface area contributed by atoms with Gasteiger partial charge in [-0.2, -0.15) is 4.98 Å². The Balaban J connectivity index is 1.36. The van der Waals surface area contributed by atoms with Gasteiger partial charge < -0.3 is 14.2 Å². The minimum atomic E-state index is -0.0519. The molecule has 1 unspecified atom stereocenters. The third kappa shape index (κ3) is 4.70. The number of likely N-dealkylation sites (tertiary alicyclic amines) is 1. The third-order valence-electron chi connectivity index (χ3n) is 5.38. The number of carbonyl (C=O) groups excluding carboxylic acids is 1. The van der Waals surface area contributed by atoms with Gasteiger partial charge in [0.2, 0.25) is 17.6 Å². The van der Waals surface area contributed by atoms with E-state index in [-0.39, 0.29) is 11.8 Å². The molecule has 1 fully saturated rings. The highest BCUT2D eigenvalue weighted by atomic mass is 16.5. The number of nitrogens with zero attached hydrogens (tertiary/aromatic N) is 3. The van der Waals surface area contributed by atoms with Crippen molar-refractivity contribution < 1.29 is 14.1 Å². The molecule has 0 N–H and O–H groups in total. The lowest BCUT2D eigenvalue weighted by Crippen LogP contribution is -2.27. The van der Waals surface area contributed by atoms with Gasteiger partial charge in [-0.05, 0) is 49.6 Å². The number of aromatic nitrogens is 2. The molecule has 6 nitrogen and oxygen atoms in total. The maximum absolute atomic E-state index is 12.5. The van der Waals surface area contributed by atoms with Gasteiger partial charge in [0.25, 0.3) is 0 Å². The van der Waals surface area contributed by atoms with Crippen LogP contribution in [0.2, 0.25) is 0 Å². The highest BCUT2D eigenvalue weighted by Crippen LogP contribution is 2.29. The van der Waals surface area contributed by atoms with E-state index in [1.807, 2.05) is 29.2 Å². The zero-order chi connectivity index (χ0) is 20.9. The van der Waals surface area contributed by atoms with E-state index in [1.165, 1.54) is 11.1 Å². The van der Waals surface area contributed by atoms with Crippen LogP contribution < -0.4 is 4.74 Å². The number of carbonyl (C=O) groups is 1. The standard InChI is InChI=1S/C24H27N3O3/c1-3-14-29-21-10-8-19(9-11-21)23-25-24(30-26-23)20-15-22(28)27(16-20)13-12-18-6-4-17(2)5-7-18/h4-11,20H,3,12-16H2,1-2H3. The van der Waals surface area contributed by atoms with Crippen LogP contribution in [-0.4, -0.2) is 40.6 Å². The summed E-state index contributed by atoms with van der Waals surface area (Å²) in [6, 6.07) is 16.1. The molecule has 0 radical (unpaired) electrons. The first-order chi connectivity index (χ1) is 14.6. The lowest BCUT2D eigenvalue weighted by molar-refractivity contribution is -0.127. The van der Waals surface area contributed by atoms with E-state index < -0.39 is 0 Å². The summed E-state index contributed by atoms with van der Waals surface area (Å²) in [4.78, 5) is 18.9. The van der Waals surface area contributed by atoms with E-state index >= 15 is 0 Å². The predicted octanol–water partition coefficient (Wildman–Crippen LogP) is 4.39. The van der Waals surface area contributed by atoms with Crippen molar-refractivity contribution in [1.29, 1.82) is 0 Å². The van der Waals surface area contributed by atoms with Crippen LogP contribution in [0, 0.1) is 6.92 Å². The molecule has 0 spiro atoms. The van der Waals surface area contributed by atoms with Crippen LogP contribution in [0.4, 0.5) is 0 Å². The monoisotopic (exact) mass is 405 g/mol. The second-order valence-electron chi connectivity index (χ2n) is 7.81. The summed E-state index contributed by atoms with van der Waals surface area (Å²) in [6.07, 6.45) is 2.23. The van der Waals surface area contributed by atoms with Crippen molar-refractivity contribution in [2.24, 2.45) is 0 Å². The highest BCUT2D eigenvalue weighted by molar-refractivity contribution is 5.79. The number of amides is 1. The van der Waals surface area contributed by atoms with E-state index in [2.05, 4.69) is 48.3 Å². The SMILES string of the molecule is CCCOc1ccc(-c2noc(C3CC(=O)N(CCc4ccc(C)cc4)C3)n2)cc1. The number of benzene rings is 2. The summed E-state index contributed by atoms with van der Waals surface area (Å²) in [5.41, 5.74) is 3.35. The second-order valence-corrected chi connectivity index (χ2v) is 7.81. The fraction of sp³-hybridized carbons (Fsp3) is 0.375. The maximum atomic E-state index is 12.5. The Bertz CT molecular complexity index is 980. The Morgan fingerprint density at radius 3 is 2.63 bits per heavy atom. The number of rotatable bonds is 8. The van der Waals surface area contributed by atoms with E-state index in [0.717, 1.165) is 24.2 Å². The second kappa shape index (κ2) is 9.11. The Hall–Kier alpha value is -3.15. The van der Waals surface area contributed by atoms with Crippen LogP contribution in [0.3, 0.4) is 0 Å². The van der Waals surface area contributed by atoms with Gasteiger partial charge in [-0.25, -0.2) is 0 Å². The molecule has 1 aliphatic heterocycles. The summed E-state index contributed by atoms with van der Waals surface area (Å²) in [5, 5.41) is 4.12. The van der Waals surface area contributed by atoms with Crippen LogP contribution in [-0.2, 0) is 11.2 Å². The Labute approximate surface area is 176 Å². The average molecular weight is 405 g/mol. The first kappa shape index (κ1) is 20.1. The highest BCUT2D eigenvalue weighted by Gasteiger charge is 2.34. The smallest absolute Gasteiger partial charge is 0.232 e. The fourth-order valence-corrected chi connectivity index (χ4v) is 3.61. The van der Waals surface area contributed by atoms with Gasteiger partial charge in [0.1, 0.15) is 5.75 Å². The fourth-order valence-electron chi connectivity index (χ4n) is 3.61. The minimum Gasteiger partial charge on any atom is -0.494 e. The van der Waals surface area contributed by atoms with Crippen molar-refractivity contribution in [1.82, 2.24) is 15.0 Å². The molecule has 1 amide bonds. The van der Waals surface area contributed by atoms with Crippen LogP contribution in [0.15, 0.2) is 53.1 Å². The molecule has 6 heteroatoms. The third-order valence-corrected chi connectivity index (χ3v) is 5.38. The molecule has 2 heterocycles. The van der Waals surface area contributed by atoms with Crippen LogP contribution in [0.5, 0.6) is 5.75 Å². The predicted molar refractivity (Wildman–Crippen MR) is 114 cm³/mol. The first-order valence-corrected chi connectivity index (χ1v) is 10.5. The summed E-state index contributed by atoms with van der Waals surface area (Å²) >= 11 is 0. The Morgan fingerprint density at radius 2 is 1.90 bits per heavy atom. The average Bonchev–Trinajstić information content (AvgIpc) is 3.39. The number of ether oxygens (including phenoxy) is 1. The molecule has 3 aromatic rings. The van der Waals surface area contributed by atoms with Crippen molar-refractivity contribution >= 4 is 5.91 Å². The molecule has 1 saturated heterocycles. The topological polar surface area (TPSA) is 68.5 Å². The van der Waals surface area contributed by atoms with Gasteiger partial charge in [-0.3, -0.25) is 4.79 Å². The van der Waals surface area contributed by atoms with Gasteiger partial charge in [0.15, 0.2) is 0 Å². The lowest BCUT2D eigenvalue weighted by Gasteiger charge is -2.15. The maximum Gasteiger partial charge on any atom is 0.232 e. The largest absolute Gasteiger partial charge is 0.494 e. The van der Waals surface area contributed by atoms with E-state index in [0.29, 0.717) is 37.8 Å². The van der Waals surface area contributed by atoms with E-state index in [9.17, 15) is 4.79 Å². The van der Waals surface area contributed by atoms with E-state index in [1.54, 1.807) is 0 Å². The van der Waals surface area contributed by atoms with Crippen molar-refractivity contribution in [3.8, 4) is 17.1 Å². The molecular weight excluding hydrogens is 378 g/mol. The first-order valence-electron chi connectivity index (χ1n) is 10.5. The van der Waals surface area contributed by atoms with E-state index in [4.69, 9.17) is 9.26 Å². The summed E-state index contributed by atoms with van der Waals surface area (Å²) in [7, 11) is 0. The van der Waals surface area contributed by atoms with Crippen LogP contribution >= 0.6 is 0 Å². The van der Waals surface area contributed by atoms with Crippen LogP contribution in [0.25, 0.3) is 11.4 Å². The molecule has 2 aromatic carbocycles. The molecule has 1 aliphatic rings. The molecule has 0 aliphatic carbocycles. The Kier molecular flexibility index (Phi) is 6.12. The van der Waals surface area contributed by atoms with Crippen molar-refractivity contribution in [2.45, 2.75) is 39.0 Å². The van der Waals surface area contributed by atoms with Gasteiger partial charge >= 0.3 is 0 Å². The Morgan fingerprint density at radius 1 is 1.13 bits per heavy atom. The van der Waals surface area contributed by atoms with Gasteiger partial charge in [0.05, 0.1) is 12.5 Å².